The molecule has 10 heteroatoms. The van der Waals surface area contributed by atoms with Gasteiger partial charge in [-0.25, -0.2) is 14.2 Å². The number of benzene rings is 4. The Morgan fingerprint density at radius 1 is 1.00 bits per heavy atom. The van der Waals surface area contributed by atoms with Crippen LogP contribution in [0, 0.1) is 12.7 Å². The summed E-state index contributed by atoms with van der Waals surface area (Å²) in [6.07, 6.45) is 1.91. The molecule has 4 aromatic carbocycles. The van der Waals surface area contributed by atoms with Crippen LogP contribution in [0.3, 0.4) is 0 Å². The van der Waals surface area contributed by atoms with Gasteiger partial charge in [0, 0.05) is 34.3 Å². The standard InChI is InChI=1S/C39H30FN3O5S/c1-3-46-38(45)34-35(25-9-5-4-6-10-25)41-39-43(36(34)26-15-18-31-32(19-26)48-22-47-31)37(44)33(49-39)20-29-23(2)42(30-12-8-7-11-28(29)30)21-24-13-16-27(40)17-14-24/h4-20,36H,3,21-22H2,1-2H3/b33-20-/t36-/m0/s1. The molecule has 49 heavy (non-hydrogen) atoms. The topological polar surface area (TPSA) is 84.1 Å². The molecule has 8 nitrogen and oxygen atoms in total. The second-order valence-electron chi connectivity index (χ2n) is 11.8. The molecule has 0 amide bonds. The van der Waals surface area contributed by atoms with Crippen LogP contribution < -0.4 is 24.4 Å². The van der Waals surface area contributed by atoms with Gasteiger partial charge in [-0.1, -0.05) is 78.1 Å². The van der Waals surface area contributed by atoms with Crippen molar-refractivity contribution in [2.24, 2.45) is 4.99 Å². The van der Waals surface area contributed by atoms with Crippen molar-refractivity contribution in [1.29, 1.82) is 0 Å². The molecule has 0 saturated carbocycles. The molecule has 244 valence electrons. The Kier molecular flexibility index (Phi) is 7.72. The van der Waals surface area contributed by atoms with Gasteiger partial charge in [0.1, 0.15) is 5.82 Å². The third-order valence-corrected chi connectivity index (χ3v) is 9.88. The number of rotatable bonds is 7. The molecule has 8 rings (SSSR count). The van der Waals surface area contributed by atoms with Gasteiger partial charge in [-0.05, 0) is 61.4 Å². The third-order valence-electron chi connectivity index (χ3n) is 8.90. The lowest BCUT2D eigenvalue weighted by Crippen LogP contribution is -2.40. The van der Waals surface area contributed by atoms with Crippen molar-refractivity contribution >= 4 is 40.0 Å². The summed E-state index contributed by atoms with van der Waals surface area (Å²) in [5, 5.41) is 0.984. The van der Waals surface area contributed by atoms with E-state index < -0.39 is 12.0 Å². The van der Waals surface area contributed by atoms with Gasteiger partial charge in [0.05, 0.1) is 28.5 Å². The highest BCUT2D eigenvalue weighted by Crippen LogP contribution is 2.40. The fraction of sp³-hybridized carbons (Fsp3) is 0.154. The molecule has 0 radical (unpaired) electrons. The molecule has 0 spiro atoms. The molecule has 0 N–H and O–H groups in total. The van der Waals surface area contributed by atoms with Gasteiger partial charge in [0.2, 0.25) is 6.79 Å². The van der Waals surface area contributed by atoms with Gasteiger partial charge >= 0.3 is 5.97 Å². The maximum Gasteiger partial charge on any atom is 0.338 e. The quantitative estimate of drug-likeness (QED) is 0.191. The van der Waals surface area contributed by atoms with Crippen LogP contribution in [0.5, 0.6) is 11.5 Å². The number of hydrogen-bond donors (Lipinski definition) is 0. The molecule has 0 aliphatic carbocycles. The highest BCUT2D eigenvalue weighted by molar-refractivity contribution is 7.07. The molecular weight excluding hydrogens is 642 g/mol. The molecule has 0 unspecified atom stereocenters. The van der Waals surface area contributed by atoms with Crippen molar-refractivity contribution < 1.29 is 23.4 Å². The number of nitrogens with zero attached hydrogens (tertiary/aromatic N) is 3. The Morgan fingerprint density at radius 3 is 2.55 bits per heavy atom. The van der Waals surface area contributed by atoms with Crippen molar-refractivity contribution in [3.63, 3.8) is 0 Å². The molecule has 1 atom stereocenters. The fourth-order valence-corrected chi connectivity index (χ4v) is 7.57. The fourth-order valence-electron chi connectivity index (χ4n) is 6.59. The smallest absolute Gasteiger partial charge is 0.338 e. The van der Waals surface area contributed by atoms with Crippen molar-refractivity contribution in [3.05, 3.63) is 156 Å². The number of esters is 1. The van der Waals surface area contributed by atoms with Crippen LogP contribution >= 0.6 is 11.3 Å². The molecule has 4 heterocycles. The van der Waals surface area contributed by atoms with Gasteiger partial charge in [-0.3, -0.25) is 9.36 Å². The van der Waals surface area contributed by atoms with Crippen LogP contribution in [0.2, 0.25) is 0 Å². The zero-order chi connectivity index (χ0) is 33.6. The van der Waals surface area contributed by atoms with Gasteiger partial charge < -0.3 is 18.8 Å². The van der Waals surface area contributed by atoms with Crippen LogP contribution in [0.1, 0.15) is 40.9 Å². The minimum absolute atomic E-state index is 0.0888. The summed E-state index contributed by atoms with van der Waals surface area (Å²) in [5.74, 6) is 0.288. The number of fused-ring (bicyclic) bond motifs is 3. The first-order valence-corrected chi connectivity index (χ1v) is 16.7. The van der Waals surface area contributed by atoms with Crippen LogP contribution in [-0.4, -0.2) is 28.5 Å². The normalized spacial score (nSPS) is 15.4. The number of aromatic nitrogens is 2. The molecule has 0 saturated heterocycles. The highest BCUT2D eigenvalue weighted by Gasteiger charge is 2.36. The van der Waals surface area contributed by atoms with E-state index in [-0.39, 0.29) is 30.3 Å². The molecule has 2 aromatic heterocycles. The highest BCUT2D eigenvalue weighted by atomic mass is 32.1. The summed E-state index contributed by atoms with van der Waals surface area (Å²) < 4.78 is 34.8. The zero-order valence-corrected chi connectivity index (χ0v) is 27.5. The lowest BCUT2D eigenvalue weighted by molar-refractivity contribution is -0.138. The number of carbonyl (C=O) groups excluding carboxylic acids is 1. The van der Waals surface area contributed by atoms with Crippen molar-refractivity contribution in [2.45, 2.75) is 26.4 Å². The molecule has 0 fully saturated rings. The summed E-state index contributed by atoms with van der Waals surface area (Å²) in [6.45, 7) is 4.55. The van der Waals surface area contributed by atoms with Crippen molar-refractivity contribution in [1.82, 2.24) is 9.13 Å². The zero-order valence-electron chi connectivity index (χ0n) is 26.7. The van der Waals surface area contributed by atoms with Gasteiger partial charge in [0.15, 0.2) is 16.3 Å². The Hall–Kier alpha value is -5.74. The predicted octanol–water partition coefficient (Wildman–Crippen LogP) is 6.11. The second-order valence-corrected chi connectivity index (χ2v) is 12.8. The predicted molar refractivity (Wildman–Crippen MR) is 186 cm³/mol. The van der Waals surface area contributed by atoms with E-state index in [1.54, 1.807) is 29.7 Å². The molecule has 6 aromatic rings. The van der Waals surface area contributed by atoms with Crippen LogP contribution in [0.15, 0.2) is 112 Å². The number of para-hydroxylation sites is 1. The number of hydrogen-bond acceptors (Lipinski definition) is 7. The minimum Gasteiger partial charge on any atom is -0.463 e. The van der Waals surface area contributed by atoms with E-state index in [1.165, 1.54) is 23.5 Å². The third kappa shape index (κ3) is 5.34. The summed E-state index contributed by atoms with van der Waals surface area (Å²) in [7, 11) is 0. The first kappa shape index (κ1) is 30.6. The number of ether oxygens (including phenoxy) is 3. The molecular formula is C39H30FN3O5S. The Labute approximate surface area is 284 Å². The molecule has 2 aliphatic heterocycles. The number of halogens is 1. The number of carbonyl (C=O) groups is 1. The van der Waals surface area contributed by atoms with E-state index in [2.05, 4.69) is 4.57 Å². The van der Waals surface area contributed by atoms with Crippen molar-refractivity contribution in [2.75, 3.05) is 13.4 Å². The van der Waals surface area contributed by atoms with E-state index in [1.807, 2.05) is 79.7 Å². The Bertz CT molecular complexity index is 2480. The van der Waals surface area contributed by atoms with Crippen molar-refractivity contribution in [3.8, 4) is 11.5 Å². The Balaban J connectivity index is 1.36. The van der Waals surface area contributed by atoms with Crippen LogP contribution in [0.4, 0.5) is 4.39 Å². The van der Waals surface area contributed by atoms with E-state index in [0.29, 0.717) is 38.6 Å². The largest absolute Gasteiger partial charge is 0.463 e. The number of thiazole rings is 1. The SMILES string of the molecule is CCOC(=O)C1=C(c2ccccc2)N=c2s/c(=C\c3c(C)n(Cc4ccc(F)cc4)c4ccccc34)c(=O)n2[C@H]1c1ccc2c(c1)OCO2. The van der Waals surface area contributed by atoms with E-state index in [9.17, 15) is 14.0 Å². The summed E-state index contributed by atoms with van der Waals surface area (Å²) in [4.78, 5) is 33.9. The lowest BCUT2D eigenvalue weighted by Gasteiger charge is -2.26. The van der Waals surface area contributed by atoms with Gasteiger partial charge in [0.25, 0.3) is 5.56 Å². The summed E-state index contributed by atoms with van der Waals surface area (Å²) >= 11 is 1.27. The first-order valence-electron chi connectivity index (χ1n) is 15.9. The first-order chi connectivity index (χ1) is 23.9. The van der Waals surface area contributed by atoms with E-state index >= 15 is 0 Å². The Morgan fingerprint density at radius 2 is 1.76 bits per heavy atom. The minimum atomic E-state index is -0.844. The molecule has 0 bridgehead atoms. The summed E-state index contributed by atoms with van der Waals surface area (Å²) in [6, 6.07) is 28.6. The van der Waals surface area contributed by atoms with Gasteiger partial charge in [-0.15, -0.1) is 0 Å². The molecule has 2 aliphatic rings. The van der Waals surface area contributed by atoms with E-state index in [4.69, 9.17) is 19.2 Å². The second kappa shape index (κ2) is 12.4. The van der Waals surface area contributed by atoms with Gasteiger partial charge in [-0.2, -0.15) is 0 Å². The average molecular weight is 672 g/mol. The summed E-state index contributed by atoms with van der Waals surface area (Å²) in [5.41, 5.74) is 5.63. The monoisotopic (exact) mass is 671 g/mol. The maximum atomic E-state index is 14.6. The maximum absolute atomic E-state index is 14.6. The van der Waals surface area contributed by atoms with Crippen LogP contribution in [0.25, 0.3) is 22.7 Å². The van der Waals surface area contributed by atoms with E-state index in [0.717, 1.165) is 33.3 Å². The van der Waals surface area contributed by atoms with Crippen LogP contribution in [-0.2, 0) is 16.1 Å². The lowest BCUT2D eigenvalue weighted by atomic mass is 9.93. The average Bonchev–Trinajstić information content (AvgIpc) is 3.80.